The van der Waals surface area contributed by atoms with Crippen molar-refractivity contribution >= 4 is 17.5 Å². The van der Waals surface area contributed by atoms with Crippen molar-refractivity contribution in [3.8, 4) is 5.69 Å². The van der Waals surface area contributed by atoms with Crippen molar-refractivity contribution < 1.29 is 9.59 Å². The molecule has 138 valence electrons. The van der Waals surface area contributed by atoms with Crippen molar-refractivity contribution in [1.82, 2.24) is 9.88 Å². The first-order valence-electron chi connectivity index (χ1n) is 8.80. The fourth-order valence-electron chi connectivity index (χ4n) is 3.12. The van der Waals surface area contributed by atoms with Gasteiger partial charge in [-0.15, -0.1) is 0 Å². The lowest BCUT2D eigenvalue weighted by molar-refractivity contribution is 0.0962. The molecule has 0 spiro atoms. The smallest absolute Gasteiger partial charge is 0.257 e. The number of amides is 2. The van der Waals surface area contributed by atoms with Crippen molar-refractivity contribution in [3.05, 3.63) is 82.7 Å². The molecule has 0 aliphatic carbocycles. The van der Waals surface area contributed by atoms with Gasteiger partial charge in [0.15, 0.2) is 0 Å². The molecule has 0 aliphatic rings. The first-order valence-corrected chi connectivity index (χ1v) is 8.80. The van der Waals surface area contributed by atoms with E-state index in [-0.39, 0.29) is 11.8 Å². The monoisotopic (exact) mass is 361 g/mol. The van der Waals surface area contributed by atoms with Gasteiger partial charge in [0.05, 0.1) is 11.3 Å². The van der Waals surface area contributed by atoms with Crippen LogP contribution in [0, 0.1) is 20.8 Å². The molecule has 0 bridgehead atoms. The molecule has 1 aromatic heterocycles. The third-order valence-electron chi connectivity index (χ3n) is 4.54. The maximum atomic E-state index is 13.0. The van der Waals surface area contributed by atoms with E-state index in [0.717, 1.165) is 22.6 Å². The number of carbonyl (C=O) groups excluding carboxylic acids is 2. The van der Waals surface area contributed by atoms with Gasteiger partial charge in [0.1, 0.15) is 0 Å². The summed E-state index contributed by atoms with van der Waals surface area (Å²) in [4.78, 5) is 24.6. The highest BCUT2D eigenvalue weighted by Gasteiger charge is 2.16. The third-order valence-corrected chi connectivity index (χ3v) is 4.54. The Morgan fingerprint density at radius 2 is 1.44 bits per heavy atom. The summed E-state index contributed by atoms with van der Waals surface area (Å²) >= 11 is 0. The molecule has 0 fully saturated rings. The van der Waals surface area contributed by atoms with Crippen LogP contribution in [0.5, 0.6) is 0 Å². The summed E-state index contributed by atoms with van der Waals surface area (Å²) < 4.78 is 2.07. The Hall–Kier alpha value is -3.34. The Morgan fingerprint density at radius 1 is 0.815 bits per heavy atom. The van der Waals surface area contributed by atoms with E-state index in [0.29, 0.717) is 16.8 Å². The Labute approximate surface area is 159 Å². The molecule has 3 rings (SSSR count). The molecule has 3 aromatic rings. The molecule has 5 nitrogen and oxygen atoms in total. The number of anilines is 1. The molecular formula is C22H23N3O2. The van der Waals surface area contributed by atoms with Gasteiger partial charge in [0.25, 0.3) is 11.8 Å². The van der Waals surface area contributed by atoms with Gasteiger partial charge >= 0.3 is 0 Å². The van der Waals surface area contributed by atoms with E-state index in [2.05, 4.69) is 15.2 Å². The number of aryl methyl sites for hydroxylation is 3. The molecule has 0 aliphatic heterocycles. The van der Waals surface area contributed by atoms with E-state index in [1.165, 1.54) is 0 Å². The van der Waals surface area contributed by atoms with Gasteiger partial charge < -0.3 is 15.2 Å². The molecule has 0 saturated carbocycles. The second kappa shape index (κ2) is 7.50. The minimum Gasteiger partial charge on any atom is -0.355 e. The Balaban J connectivity index is 1.93. The Bertz CT molecular complexity index is 981. The molecule has 2 amide bonds. The maximum Gasteiger partial charge on any atom is 0.257 e. The predicted octanol–water partition coefficient (Wildman–Crippen LogP) is 4.01. The molecule has 5 heteroatoms. The largest absolute Gasteiger partial charge is 0.355 e. The molecule has 2 N–H and O–H groups in total. The normalized spacial score (nSPS) is 10.5. The van der Waals surface area contributed by atoms with Crippen LogP contribution in [0.1, 0.15) is 37.7 Å². The SMILES string of the molecule is CNC(=O)c1ccc(NC(=O)c2cc(C)ccc2-n2c(C)ccc2C)cc1. The van der Waals surface area contributed by atoms with Crippen molar-refractivity contribution in [2.24, 2.45) is 0 Å². The second-order valence-electron chi connectivity index (χ2n) is 6.58. The van der Waals surface area contributed by atoms with Gasteiger partial charge in [-0.3, -0.25) is 9.59 Å². The summed E-state index contributed by atoms with van der Waals surface area (Å²) in [5.41, 5.74) is 5.79. The lowest BCUT2D eigenvalue weighted by Gasteiger charge is -2.15. The first-order chi connectivity index (χ1) is 12.9. The zero-order valence-corrected chi connectivity index (χ0v) is 16.0. The number of nitrogens with one attached hydrogen (secondary N) is 2. The van der Waals surface area contributed by atoms with Crippen LogP contribution in [0.4, 0.5) is 5.69 Å². The van der Waals surface area contributed by atoms with E-state index in [4.69, 9.17) is 0 Å². The number of benzene rings is 2. The highest BCUT2D eigenvalue weighted by Crippen LogP contribution is 2.23. The van der Waals surface area contributed by atoms with Crippen molar-refractivity contribution in [2.75, 3.05) is 12.4 Å². The van der Waals surface area contributed by atoms with Gasteiger partial charge in [-0.1, -0.05) is 11.6 Å². The number of nitrogens with zero attached hydrogens (tertiary/aromatic N) is 1. The summed E-state index contributed by atoms with van der Waals surface area (Å²) in [5.74, 6) is -0.346. The summed E-state index contributed by atoms with van der Waals surface area (Å²) in [6.07, 6.45) is 0. The topological polar surface area (TPSA) is 63.1 Å². The molecule has 1 heterocycles. The van der Waals surface area contributed by atoms with E-state index in [9.17, 15) is 9.59 Å². The average Bonchev–Trinajstić information content (AvgIpc) is 3.00. The average molecular weight is 361 g/mol. The minimum absolute atomic E-state index is 0.160. The maximum absolute atomic E-state index is 13.0. The standard InChI is InChI=1S/C22H23N3O2/c1-14-5-12-20(25-15(2)6-7-16(25)3)19(13-14)22(27)24-18-10-8-17(9-11-18)21(26)23-4/h5-13H,1-4H3,(H,23,26)(H,24,27). The highest BCUT2D eigenvalue weighted by molar-refractivity contribution is 6.07. The number of carbonyl (C=O) groups is 2. The van der Waals surface area contributed by atoms with Gasteiger partial charge in [0, 0.05) is 29.7 Å². The van der Waals surface area contributed by atoms with Crippen molar-refractivity contribution in [1.29, 1.82) is 0 Å². The quantitative estimate of drug-likeness (QED) is 0.737. The fraction of sp³-hybridized carbons (Fsp3) is 0.182. The Morgan fingerprint density at radius 3 is 2.04 bits per heavy atom. The van der Waals surface area contributed by atoms with Crippen molar-refractivity contribution in [2.45, 2.75) is 20.8 Å². The summed E-state index contributed by atoms with van der Waals surface area (Å²) in [5, 5.41) is 5.51. The van der Waals surface area contributed by atoms with Crippen LogP contribution in [-0.4, -0.2) is 23.4 Å². The number of aromatic nitrogens is 1. The van der Waals surface area contributed by atoms with Gasteiger partial charge in [-0.2, -0.15) is 0 Å². The van der Waals surface area contributed by atoms with Crippen LogP contribution >= 0.6 is 0 Å². The lowest BCUT2D eigenvalue weighted by Crippen LogP contribution is -2.18. The second-order valence-corrected chi connectivity index (χ2v) is 6.58. The zero-order valence-electron chi connectivity index (χ0n) is 16.0. The van der Waals surface area contributed by atoms with E-state index in [1.54, 1.807) is 31.3 Å². The van der Waals surface area contributed by atoms with Crippen molar-refractivity contribution in [3.63, 3.8) is 0 Å². The lowest BCUT2D eigenvalue weighted by atomic mass is 10.1. The molecular weight excluding hydrogens is 338 g/mol. The van der Waals surface area contributed by atoms with Crippen LogP contribution in [-0.2, 0) is 0 Å². The molecule has 0 saturated heterocycles. The Kier molecular flexibility index (Phi) is 5.12. The number of hydrogen-bond donors (Lipinski definition) is 2. The van der Waals surface area contributed by atoms with Gasteiger partial charge in [-0.25, -0.2) is 0 Å². The molecule has 0 atom stereocenters. The minimum atomic E-state index is -0.186. The van der Waals surface area contributed by atoms with Crippen LogP contribution in [0.25, 0.3) is 5.69 Å². The van der Waals surface area contributed by atoms with E-state index in [1.807, 2.05) is 51.1 Å². The molecule has 2 aromatic carbocycles. The molecule has 27 heavy (non-hydrogen) atoms. The molecule has 0 radical (unpaired) electrons. The zero-order chi connectivity index (χ0) is 19.6. The third kappa shape index (κ3) is 3.77. The van der Waals surface area contributed by atoms with Gasteiger partial charge in [-0.05, 0) is 69.3 Å². The van der Waals surface area contributed by atoms with E-state index >= 15 is 0 Å². The van der Waals surface area contributed by atoms with E-state index < -0.39 is 0 Å². The predicted molar refractivity (Wildman–Crippen MR) is 108 cm³/mol. The summed E-state index contributed by atoms with van der Waals surface area (Å²) in [7, 11) is 1.59. The summed E-state index contributed by atoms with van der Waals surface area (Å²) in [6.45, 7) is 6.01. The fourth-order valence-corrected chi connectivity index (χ4v) is 3.12. The van der Waals surface area contributed by atoms with Crippen LogP contribution in [0.2, 0.25) is 0 Å². The van der Waals surface area contributed by atoms with Crippen LogP contribution in [0.15, 0.2) is 54.6 Å². The van der Waals surface area contributed by atoms with Gasteiger partial charge in [0.2, 0.25) is 0 Å². The molecule has 0 unspecified atom stereocenters. The summed E-state index contributed by atoms with van der Waals surface area (Å²) in [6, 6.07) is 16.8. The van der Waals surface area contributed by atoms with Crippen LogP contribution in [0.3, 0.4) is 0 Å². The first kappa shape index (κ1) is 18.5. The number of rotatable bonds is 4. The highest BCUT2D eigenvalue weighted by atomic mass is 16.2. The van der Waals surface area contributed by atoms with Crippen LogP contribution < -0.4 is 10.6 Å². The number of hydrogen-bond acceptors (Lipinski definition) is 2.